The molecular weight excluding hydrogens is 232 g/mol. The maximum Gasteiger partial charge on any atom is 0.269 e. The Morgan fingerprint density at radius 2 is 1.59 bits per heavy atom. The van der Waals surface area contributed by atoms with Gasteiger partial charge >= 0.3 is 0 Å². The number of hydrogen-bond donors (Lipinski definition) is 0. The summed E-state index contributed by atoms with van der Waals surface area (Å²) < 4.78 is 16.9. The smallest absolute Gasteiger partial charge is 0.269 e. The molecule has 0 rings (SSSR count). The summed E-state index contributed by atoms with van der Waals surface area (Å²) in [6.07, 6.45) is 4.79. The van der Waals surface area contributed by atoms with Crippen molar-refractivity contribution in [2.75, 3.05) is 13.2 Å². The minimum atomic E-state index is -1.65. The summed E-state index contributed by atoms with van der Waals surface area (Å²) in [4.78, 5) is 0. The van der Waals surface area contributed by atoms with Gasteiger partial charge in [0.25, 0.3) is 5.95 Å². The van der Waals surface area contributed by atoms with Crippen LogP contribution in [-0.2, 0) is 13.9 Å². The predicted molar refractivity (Wildman–Crippen MR) is 74.1 cm³/mol. The van der Waals surface area contributed by atoms with E-state index in [1.807, 2.05) is 26.0 Å². The number of ether oxygens (including phenoxy) is 2. The fourth-order valence-electron chi connectivity index (χ4n) is 1.19. The second-order valence-electron chi connectivity index (χ2n) is 4.56. The summed E-state index contributed by atoms with van der Waals surface area (Å²) in [7, 11) is -1.65. The fourth-order valence-corrected chi connectivity index (χ4v) is 1.91. The van der Waals surface area contributed by atoms with Crippen LogP contribution in [-0.4, -0.2) is 21.5 Å². The van der Waals surface area contributed by atoms with E-state index in [9.17, 15) is 0 Å². The van der Waals surface area contributed by atoms with Gasteiger partial charge in [0.15, 0.2) is 0 Å². The Bertz CT molecular complexity index is 264. The third-order valence-electron chi connectivity index (χ3n) is 1.67. The molecule has 0 aliphatic heterocycles. The molecule has 17 heavy (non-hydrogen) atoms. The summed E-state index contributed by atoms with van der Waals surface area (Å²) in [5, 5.41) is 0. The van der Waals surface area contributed by atoms with Crippen LogP contribution in [0.15, 0.2) is 23.9 Å². The average Bonchev–Trinajstić information content (AvgIpc) is 2.16. The van der Waals surface area contributed by atoms with Crippen molar-refractivity contribution in [2.45, 2.75) is 46.8 Å². The Balaban J connectivity index is 4.80. The van der Waals surface area contributed by atoms with Gasteiger partial charge in [-0.2, -0.15) is 0 Å². The van der Waals surface area contributed by atoms with Crippen molar-refractivity contribution in [2.24, 2.45) is 0 Å². The maximum absolute atomic E-state index is 5.86. The average molecular weight is 258 g/mol. The van der Waals surface area contributed by atoms with Crippen LogP contribution in [0.5, 0.6) is 0 Å². The van der Waals surface area contributed by atoms with Crippen LogP contribution in [0.3, 0.4) is 0 Å². The van der Waals surface area contributed by atoms with Crippen molar-refractivity contribution in [1.82, 2.24) is 0 Å². The van der Waals surface area contributed by atoms with Gasteiger partial charge in [-0.05, 0) is 46.0 Å². The van der Waals surface area contributed by atoms with Gasteiger partial charge in [0.1, 0.15) is 5.76 Å². The first-order valence-electron chi connectivity index (χ1n) is 6.29. The summed E-state index contributed by atoms with van der Waals surface area (Å²) in [5.41, 5.74) is 0. The zero-order valence-electron chi connectivity index (χ0n) is 12.0. The van der Waals surface area contributed by atoms with Crippen LogP contribution in [0, 0.1) is 0 Å². The first-order valence-corrected chi connectivity index (χ1v) is 9.70. The molecule has 0 saturated heterocycles. The van der Waals surface area contributed by atoms with E-state index in [-0.39, 0.29) is 0 Å². The van der Waals surface area contributed by atoms with Crippen molar-refractivity contribution in [3.8, 4) is 0 Å². The van der Waals surface area contributed by atoms with Crippen LogP contribution < -0.4 is 0 Å². The van der Waals surface area contributed by atoms with Gasteiger partial charge in [-0.15, -0.1) is 0 Å². The molecule has 3 nitrogen and oxygen atoms in total. The molecular formula is C13H26O3Si. The Hall–Kier alpha value is -0.903. The molecule has 0 aliphatic rings. The molecule has 0 spiro atoms. The van der Waals surface area contributed by atoms with Crippen LogP contribution in [0.1, 0.15) is 27.2 Å². The normalized spacial score (nSPS) is 13.5. The van der Waals surface area contributed by atoms with E-state index in [0.29, 0.717) is 19.2 Å². The summed E-state index contributed by atoms with van der Waals surface area (Å²) in [5.74, 6) is 1.39. The van der Waals surface area contributed by atoms with Gasteiger partial charge in [-0.3, -0.25) is 0 Å². The van der Waals surface area contributed by atoms with E-state index in [4.69, 9.17) is 13.9 Å². The van der Waals surface area contributed by atoms with E-state index in [2.05, 4.69) is 26.6 Å². The predicted octanol–water partition coefficient (Wildman–Crippen LogP) is 4.05. The first kappa shape index (κ1) is 16.1. The van der Waals surface area contributed by atoms with Gasteiger partial charge < -0.3 is 13.9 Å². The summed E-state index contributed by atoms with van der Waals surface area (Å²) in [6.45, 7) is 13.6. The highest BCUT2D eigenvalue weighted by Gasteiger charge is 2.18. The highest BCUT2D eigenvalue weighted by atomic mass is 28.4. The Morgan fingerprint density at radius 3 is 2.00 bits per heavy atom. The number of hydrogen-bond acceptors (Lipinski definition) is 3. The van der Waals surface area contributed by atoms with Crippen molar-refractivity contribution in [3.63, 3.8) is 0 Å². The second kappa shape index (κ2) is 8.23. The van der Waals surface area contributed by atoms with E-state index in [1.165, 1.54) is 0 Å². The monoisotopic (exact) mass is 258 g/mol. The minimum absolute atomic E-state index is 0.569. The molecule has 0 radical (unpaired) electrons. The van der Waals surface area contributed by atoms with Crippen LogP contribution in [0.2, 0.25) is 19.6 Å². The highest BCUT2D eigenvalue weighted by Crippen LogP contribution is 2.15. The summed E-state index contributed by atoms with van der Waals surface area (Å²) >= 11 is 0. The molecule has 4 heteroatoms. The Morgan fingerprint density at radius 1 is 1.00 bits per heavy atom. The lowest BCUT2D eigenvalue weighted by atomic mass is 10.3. The van der Waals surface area contributed by atoms with Gasteiger partial charge in [0.05, 0.1) is 19.3 Å². The molecule has 0 atom stereocenters. The second-order valence-corrected chi connectivity index (χ2v) is 8.99. The SMILES string of the molecule is CC/C=C(/C=C(/OCC)O[Si](C)(C)C)OCC. The number of rotatable bonds is 8. The molecule has 0 heterocycles. The molecule has 0 N–H and O–H groups in total. The number of allylic oxidation sites excluding steroid dienone is 2. The highest BCUT2D eigenvalue weighted by molar-refractivity contribution is 6.70. The Kier molecular flexibility index (Phi) is 7.79. The van der Waals surface area contributed by atoms with Crippen molar-refractivity contribution in [3.05, 3.63) is 23.9 Å². The van der Waals surface area contributed by atoms with Gasteiger partial charge in [0, 0.05) is 0 Å². The quantitative estimate of drug-likeness (QED) is 0.373. The van der Waals surface area contributed by atoms with Gasteiger partial charge in [0.2, 0.25) is 8.32 Å². The van der Waals surface area contributed by atoms with Gasteiger partial charge in [-0.1, -0.05) is 6.92 Å². The third kappa shape index (κ3) is 8.86. The van der Waals surface area contributed by atoms with E-state index >= 15 is 0 Å². The van der Waals surface area contributed by atoms with Crippen LogP contribution in [0.25, 0.3) is 0 Å². The topological polar surface area (TPSA) is 27.7 Å². The lowest BCUT2D eigenvalue weighted by molar-refractivity contribution is 0.109. The molecule has 0 fully saturated rings. The molecule has 0 bridgehead atoms. The zero-order valence-corrected chi connectivity index (χ0v) is 13.0. The molecule has 0 amide bonds. The van der Waals surface area contributed by atoms with Crippen molar-refractivity contribution in [1.29, 1.82) is 0 Å². The molecule has 0 aromatic carbocycles. The molecule has 0 aliphatic carbocycles. The van der Waals surface area contributed by atoms with E-state index in [1.54, 1.807) is 0 Å². The van der Waals surface area contributed by atoms with E-state index in [0.717, 1.165) is 12.2 Å². The molecule has 0 aromatic heterocycles. The maximum atomic E-state index is 5.86. The first-order chi connectivity index (χ1) is 7.92. The van der Waals surface area contributed by atoms with Crippen molar-refractivity contribution < 1.29 is 13.9 Å². The van der Waals surface area contributed by atoms with Gasteiger partial charge in [-0.25, -0.2) is 0 Å². The zero-order chi connectivity index (χ0) is 13.3. The van der Waals surface area contributed by atoms with Crippen LogP contribution in [0.4, 0.5) is 0 Å². The molecule has 0 aromatic rings. The molecule has 0 unspecified atom stereocenters. The molecule has 100 valence electrons. The summed E-state index contributed by atoms with van der Waals surface area (Å²) in [6, 6.07) is 0. The fraction of sp³-hybridized carbons (Fsp3) is 0.692. The lowest BCUT2D eigenvalue weighted by Crippen LogP contribution is -2.25. The third-order valence-corrected chi connectivity index (χ3v) is 2.48. The Labute approximate surface area is 107 Å². The van der Waals surface area contributed by atoms with Crippen molar-refractivity contribution >= 4 is 8.32 Å². The standard InChI is InChI=1S/C13H26O3Si/c1-7-10-12(14-8-2)11-13(15-9-3)16-17(4,5)6/h10-11H,7-9H2,1-6H3/b12-10-,13-11-. The lowest BCUT2D eigenvalue weighted by Gasteiger charge is -2.21. The minimum Gasteiger partial charge on any atom is -0.520 e. The molecule has 0 saturated carbocycles. The van der Waals surface area contributed by atoms with Crippen LogP contribution >= 0.6 is 0 Å². The van der Waals surface area contributed by atoms with E-state index < -0.39 is 8.32 Å². The largest absolute Gasteiger partial charge is 0.520 e.